The highest BCUT2D eigenvalue weighted by molar-refractivity contribution is 9.10. The molecule has 1 nitrogen and oxygen atoms in total. The van der Waals surface area contributed by atoms with Crippen LogP contribution in [-0.4, -0.2) is 5.78 Å². The first-order valence-corrected chi connectivity index (χ1v) is 5.83. The van der Waals surface area contributed by atoms with Gasteiger partial charge in [-0.05, 0) is 28.5 Å². The first-order chi connectivity index (χ1) is 7.72. The van der Waals surface area contributed by atoms with E-state index in [1.165, 1.54) is 6.08 Å². The van der Waals surface area contributed by atoms with Crippen LogP contribution in [0, 0.1) is 0 Å². The Morgan fingerprint density at radius 2 is 1.88 bits per heavy atom. The molecule has 0 spiro atoms. The summed E-state index contributed by atoms with van der Waals surface area (Å²) in [4.78, 5) is 11.4. The van der Waals surface area contributed by atoms with Gasteiger partial charge >= 0.3 is 0 Å². The van der Waals surface area contributed by atoms with Gasteiger partial charge in [-0.1, -0.05) is 52.8 Å². The lowest BCUT2D eigenvalue weighted by Crippen LogP contribution is -1.98. The molecule has 0 aromatic heterocycles. The third kappa shape index (κ3) is 2.07. The van der Waals surface area contributed by atoms with Crippen LogP contribution in [0.1, 0.15) is 5.56 Å². The first kappa shape index (κ1) is 11.1. The van der Waals surface area contributed by atoms with E-state index in [2.05, 4.69) is 22.5 Å². The van der Waals surface area contributed by atoms with Crippen molar-refractivity contribution in [2.24, 2.45) is 0 Å². The van der Waals surface area contributed by atoms with E-state index in [-0.39, 0.29) is 5.78 Å². The van der Waals surface area contributed by atoms with Crippen LogP contribution in [-0.2, 0) is 11.2 Å². The van der Waals surface area contributed by atoms with Gasteiger partial charge in [0, 0.05) is 10.9 Å². The summed E-state index contributed by atoms with van der Waals surface area (Å²) in [5.74, 6) is 0.0486. The molecule has 0 unspecified atom stereocenters. The Kier molecular flexibility index (Phi) is 3.20. The third-order valence-corrected chi connectivity index (χ3v) is 3.25. The van der Waals surface area contributed by atoms with Gasteiger partial charge in [-0.25, -0.2) is 0 Å². The molecule has 0 radical (unpaired) electrons. The molecule has 0 atom stereocenters. The summed E-state index contributed by atoms with van der Waals surface area (Å²) < 4.78 is 1.05. The average Bonchev–Trinajstić information content (AvgIpc) is 2.33. The monoisotopic (exact) mass is 274 g/mol. The van der Waals surface area contributed by atoms with Crippen molar-refractivity contribution >= 4 is 32.5 Å². The highest BCUT2D eigenvalue weighted by Gasteiger charge is 2.06. The second kappa shape index (κ2) is 4.62. The predicted molar refractivity (Wildman–Crippen MR) is 70.6 cm³/mol. The molecular formula is C14H11BrO. The van der Waals surface area contributed by atoms with E-state index in [9.17, 15) is 4.79 Å². The average molecular weight is 275 g/mol. The maximum atomic E-state index is 11.4. The molecule has 0 fully saturated rings. The third-order valence-electron chi connectivity index (χ3n) is 2.55. The molecule has 0 aliphatic heterocycles. The first-order valence-electron chi connectivity index (χ1n) is 5.04. The quantitative estimate of drug-likeness (QED) is 0.776. The van der Waals surface area contributed by atoms with Crippen molar-refractivity contribution in [3.8, 4) is 0 Å². The number of rotatable bonds is 3. The molecule has 0 heterocycles. The van der Waals surface area contributed by atoms with Gasteiger partial charge in [-0.3, -0.25) is 4.79 Å². The fraction of sp³-hybridized carbons (Fsp3) is 0.0714. The maximum absolute atomic E-state index is 11.4. The summed E-state index contributed by atoms with van der Waals surface area (Å²) in [6.07, 6.45) is 1.79. The Bertz CT molecular complexity index is 558. The highest BCUT2D eigenvalue weighted by Crippen LogP contribution is 2.27. The summed E-state index contributed by atoms with van der Waals surface area (Å²) >= 11 is 3.51. The minimum atomic E-state index is 0.0486. The molecule has 80 valence electrons. The SMILES string of the molecule is C=CC(=O)Cc1ccc(Br)c2ccccc12. The van der Waals surface area contributed by atoms with Crippen LogP contribution >= 0.6 is 15.9 Å². The lowest BCUT2D eigenvalue weighted by molar-refractivity contribution is -0.113. The minimum absolute atomic E-state index is 0.0486. The van der Waals surface area contributed by atoms with E-state index < -0.39 is 0 Å². The molecule has 0 saturated heterocycles. The number of carbonyl (C=O) groups is 1. The number of hydrogen-bond acceptors (Lipinski definition) is 1. The van der Waals surface area contributed by atoms with E-state index in [1.807, 2.05) is 36.4 Å². The number of fused-ring (bicyclic) bond motifs is 1. The Balaban J connectivity index is 2.58. The van der Waals surface area contributed by atoms with E-state index in [0.29, 0.717) is 6.42 Å². The second-order valence-corrected chi connectivity index (χ2v) is 4.45. The number of allylic oxidation sites excluding steroid dienone is 1. The number of benzene rings is 2. The molecule has 0 aliphatic carbocycles. The highest BCUT2D eigenvalue weighted by atomic mass is 79.9. The lowest BCUT2D eigenvalue weighted by Gasteiger charge is -2.06. The van der Waals surface area contributed by atoms with Crippen LogP contribution in [0.2, 0.25) is 0 Å². The van der Waals surface area contributed by atoms with Crippen LogP contribution in [0.3, 0.4) is 0 Å². The van der Waals surface area contributed by atoms with E-state index in [4.69, 9.17) is 0 Å². The van der Waals surface area contributed by atoms with Crippen molar-refractivity contribution in [3.05, 3.63) is 59.1 Å². The fourth-order valence-corrected chi connectivity index (χ4v) is 2.22. The predicted octanol–water partition coefficient (Wildman–Crippen LogP) is 3.90. The van der Waals surface area contributed by atoms with E-state index in [0.717, 1.165) is 20.8 Å². The van der Waals surface area contributed by atoms with Crippen molar-refractivity contribution in [1.29, 1.82) is 0 Å². The Morgan fingerprint density at radius 1 is 1.19 bits per heavy atom. The Labute approximate surface area is 103 Å². The molecular weight excluding hydrogens is 264 g/mol. The molecule has 2 heteroatoms. The van der Waals surface area contributed by atoms with E-state index >= 15 is 0 Å². The van der Waals surface area contributed by atoms with Crippen LogP contribution in [0.5, 0.6) is 0 Å². The Morgan fingerprint density at radius 3 is 2.56 bits per heavy atom. The summed E-state index contributed by atoms with van der Waals surface area (Å²) in [6.45, 7) is 3.50. The zero-order valence-corrected chi connectivity index (χ0v) is 10.3. The summed E-state index contributed by atoms with van der Waals surface area (Å²) in [5, 5.41) is 2.25. The zero-order chi connectivity index (χ0) is 11.5. The molecule has 0 N–H and O–H groups in total. The number of halogens is 1. The molecule has 16 heavy (non-hydrogen) atoms. The summed E-state index contributed by atoms with van der Waals surface area (Å²) in [5.41, 5.74) is 1.05. The van der Waals surface area contributed by atoms with Gasteiger partial charge in [-0.15, -0.1) is 0 Å². The standard InChI is InChI=1S/C14H11BrO/c1-2-11(16)9-10-7-8-14(15)13-6-4-3-5-12(10)13/h2-8H,1,9H2. The van der Waals surface area contributed by atoms with Crippen molar-refractivity contribution < 1.29 is 4.79 Å². The van der Waals surface area contributed by atoms with Gasteiger partial charge in [0.05, 0.1) is 0 Å². The molecule has 0 amide bonds. The van der Waals surface area contributed by atoms with Crippen LogP contribution in [0.15, 0.2) is 53.5 Å². The number of hydrogen-bond donors (Lipinski definition) is 0. The minimum Gasteiger partial charge on any atom is -0.295 e. The van der Waals surface area contributed by atoms with Crippen LogP contribution in [0.4, 0.5) is 0 Å². The molecule has 2 aromatic carbocycles. The lowest BCUT2D eigenvalue weighted by atomic mass is 10.0. The normalized spacial score (nSPS) is 10.3. The van der Waals surface area contributed by atoms with Crippen molar-refractivity contribution in [2.75, 3.05) is 0 Å². The number of carbonyl (C=O) groups excluding carboxylic acids is 1. The molecule has 2 aromatic rings. The summed E-state index contributed by atoms with van der Waals surface area (Å²) in [7, 11) is 0. The molecule has 0 bridgehead atoms. The summed E-state index contributed by atoms with van der Waals surface area (Å²) in [6, 6.07) is 12.0. The number of ketones is 1. The van der Waals surface area contributed by atoms with E-state index in [1.54, 1.807) is 0 Å². The van der Waals surface area contributed by atoms with Gasteiger partial charge in [0.25, 0.3) is 0 Å². The van der Waals surface area contributed by atoms with Gasteiger partial charge in [0.1, 0.15) is 0 Å². The topological polar surface area (TPSA) is 17.1 Å². The second-order valence-electron chi connectivity index (χ2n) is 3.60. The van der Waals surface area contributed by atoms with Crippen molar-refractivity contribution in [2.45, 2.75) is 6.42 Å². The zero-order valence-electron chi connectivity index (χ0n) is 8.74. The van der Waals surface area contributed by atoms with Gasteiger partial charge < -0.3 is 0 Å². The van der Waals surface area contributed by atoms with Gasteiger partial charge in [0.15, 0.2) is 5.78 Å². The molecule has 2 rings (SSSR count). The largest absolute Gasteiger partial charge is 0.295 e. The van der Waals surface area contributed by atoms with Gasteiger partial charge in [-0.2, -0.15) is 0 Å². The molecule has 0 aliphatic rings. The maximum Gasteiger partial charge on any atom is 0.159 e. The fourth-order valence-electron chi connectivity index (χ4n) is 1.74. The van der Waals surface area contributed by atoms with Crippen molar-refractivity contribution in [1.82, 2.24) is 0 Å². The Hall–Kier alpha value is -1.41. The van der Waals surface area contributed by atoms with Crippen LogP contribution in [0.25, 0.3) is 10.8 Å². The van der Waals surface area contributed by atoms with Crippen LogP contribution < -0.4 is 0 Å². The molecule has 0 saturated carbocycles. The smallest absolute Gasteiger partial charge is 0.159 e. The van der Waals surface area contributed by atoms with Gasteiger partial charge in [0.2, 0.25) is 0 Å². The van der Waals surface area contributed by atoms with Crippen molar-refractivity contribution in [3.63, 3.8) is 0 Å².